The molecule has 3 atom stereocenters. The van der Waals surface area contributed by atoms with Crippen molar-refractivity contribution in [2.24, 2.45) is 10.9 Å². The van der Waals surface area contributed by atoms with Crippen molar-refractivity contribution < 1.29 is 27.9 Å². The van der Waals surface area contributed by atoms with E-state index in [0.29, 0.717) is 28.1 Å². The molecule has 0 aliphatic carbocycles. The Labute approximate surface area is 218 Å². The molecule has 0 spiro atoms. The number of aliphatic hydroxyl groups is 1. The summed E-state index contributed by atoms with van der Waals surface area (Å²) in [5, 5.41) is 12.7. The predicted octanol–water partition coefficient (Wildman–Crippen LogP) is 4.68. The number of carbonyl (C=O) groups excluding carboxylic acids is 2. The van der Waals surface area contributed by atoms with Crippen LogP contribution in [0.4, 0.5) is 18.9 Å². The first-order valence-corrected chi connectivity index (χ1v) is 12.2. The fourth-order valence-electron chi connectivity index (χ4n) is 4.68. The Morgan fingerprint density at radius 3 is 2.24 bits per heavy atom. The maximum atomic E-state index is 13.6. The molecular weight excluding hydrogens is 495 g/mol. The van der Waals surface area contributed by atoms with Crippen LogP contribution in [-0.4, -0.2) is 48.6 Å². The van der Waals surface area contributed by atoms with Crippen LogP contribution in [0, 0.1) is 5.92 Å². The van der Waals surface area contributed by atoms with Gasteiger partial charge in [-0.2, -0.15) is 13.2 Å². The van der Waals surface area contributed by atoms with E-state index in [9.17, 15) is 27.9 Å². The topological polar surface area (TPSA) is 82.0 Å². The van der Waals surface area contributed by atoms with Crippen molar-refractivity contribution in [3.8, 4) is 0 Å². The largest absolute Gasteiger partial charge is 0.396 e. The number of fused-ring (bicyclic) bond motifs is 1. The van der Waals surface area contributed by atoms with Crippen LogP contribution in [0.2, 0.25) is 0 Å². The number of rotatable bonds is 8. The second-order valence-electron chi connectivity index (χ2n) is 9.13. The third-order valence-electron chi connectivity index (χ3n) is 6.66. The number of hydrogen-bond donors (Lipinski definition) is 2. The van der Waals surface area contributed by atoms with E-state index < -0.39 is 55.4 Å². The number of anilines is 1. The minimum Gasteiger partial charge on any atom is -0.396 e. The molecule has 9 heteroatoms. The molecule has 1 aliphatic rings. The summed E-state index contributed by atoms with van der Waals surface area (Å²) in [6, 6.07) is 24.7. The van der Waals surface area contributed by atoms with Crippen molar-refractivity contribution >= 4 is 23.2 Å². The molecule has 38 heavy (non-hydrogen) atoms. The molecule has 2 N–H and O–H groups in total. The van der Waals surface area contributed by atoms with Gasteiger partial charge < -0.3 is 15.3 Å². The summed E-state index contributed by atoms with van der Waals surface area (Å²) in [6.07, 6.45) is -7.63. The number of carbonyl (C=O) groups is 2. The van der Waals surface area contributed by atoms with Crippen LogP contribution in [0.3, 0.4) is 0 Å². The Balaban J connectivity index is 1.72. The number of aliphatic hydroxyl groups excluding tert-OH is 1. The SMILES string of the molecule is CN1C(=O)[C@@H](NC(=O)[C@@H](CCC(F)(F)F)C(CO)c2ccccc2)N=C(c2ccccc2)c2ccccc21. The molecule has 0 fully saturated rings. The van der Waals surface area contributed by atoms with Gasteiger partial charge in [-0.3, -0.25) is 9.59 Å². The second-order valence-corrected chi connectivity index (χ2v) is 9.13. The summed E-state index contributed by atoms with van der Waals surface area (Å²) >= 11 is 0. The molecule has 4 rings (SSSR count). The van der Waals surface area contributed by atoms with E-state index in [4.69, 9.17) is 0 Å². The van der Waals surface area contributed by atoms with E-state index in [1.54, 1.807) is 49.5 Å². The molecule has 0 aromatic heterocycles. The first kappa shape index (κ1) is 27.1. The molecule has 0 saturated carbocycles. The Kier molecular flexibility index (Phi) is 8.26. The monoisotopic (exact) mass is 523 g/mol. The van der Waals surface area contributed by atoms with Gasteiger partial charge in [-0.05, 0) is 18.1 Å². The molecule has 198 valence electrons. The van der Waals surface area contributed by atoms with Gasteiger partial charge in [-0.15, -0.1) is 0 Å². The fraction of sp³-hybridized carbons (Fsp3) is 0.276. The minimum absolute atomic E-state index is 0.470. The lowest BCUT2D eigenvalue weighted by molar-refractivity contribution is -0.143. The van der Waals surface area contributed by atoms with Gasteiger partial charge in [-0.1, -0.05) is 78.9 Å². The number of hydrogen-bond acceptors (Lipinski definition) is 4. The Hall–Kier alpha value is -3.98. The molecule has 6 nitrogen and oxygen atoms in total. The highest BCUT2D eigenvalue weighted by atomic mass is 19.4. The van der Waals surface area contributed by atoms with Gasteiger partial charge in [0.05, 0.1) is 18.0 Å². The lowest BCUT2D eigenvalue weighted by Crippen LogP contribution is -2.49. The third kappa shape index (κ3) is 6.11. The Bertz CT molecular complexity index is 1300. The maximum absolute atomic E-state index is 13.6. The van der Waals surface area contributed by atoms with E-state index in [2.05, 4.69) is 10.3 Å². The highest BCUT2D eigenvalue weighted by Gasteiger charge is 2.38. The highest BCUT2D eigenvalue weighted by molar-refractivity contribution is 6.20. The standard InChI is InChI=1S/C29H28F3N3O3/c1-35-24-15-9-8-14-22(24)25(20-12-6-3-7-13-20)33-26(28(35)38)34-27(37)21(16-17-29(30,31)32)23(18-36)19-10-4-2-5-11-19/h2-15,21,23,26,36H,16-18H2,1H3,(H,34,37)/t21-,23?,26+/m0/s1. The maximum Gasteiger partial charge on any atom is 0.389 e. The van der Waals surface area contributed by atoms with Crippen molar-refractivity contribution in [1.82, 2.24) is 5.32 Å². The molecule has 3 aromatic rings. The lowest BCUT2D eigenvalue weighted by Gasteiger charge is -2.28. The lowest BCUT2D eigenvalue weighted by atomic mass is 9.82. The Morgan fingerprint density at radius 1 is 1.00 bits per heavy atom. The molecule has 1 aliphatic heterocycles. The zero-order chi connectivity index (χ0) is 27.3. The Morgan fingerprint density at radius 2 is 1.61 bits per heavy atom. The average molecular weight is 524 g/mol. The van der Waals surface area contributed by atoms with E-state index >= 15 is 0 Å². The van der Waals surface area contributed by atoms with Crippen LogP contribution in [0.25, 0.3) is 0 Å². The van der Waals surface area contributed by atoms with Crippen LogP contribution in [0.15, 0.2) is 89.9 Å². The summed E-state index contributed by atoms with van der Waals surface area (Å²) < 4.78 is 39.6. The average Bonchev–Trinajstić information content (AvgIpc) is 3.02. The number of aliphatic imine (C=N–C) groups is 1. The second kappa shape index (κ2) is 11.6. The fourth-order valence-corrected chi connectivity index (χ4v) is 4.68. The molecule has 0 radical (unpaired) electrons. The van der Waals surface area contributed by atoms with Crippen LogP contribution in [-0.2, 0) is 9.59 Å². The zero-order valence-electron chi connectivity index (χ0n) is 20.7. The molecule has 1 heterocycles. The predicted molar refractivity (Wildman–Crippen MR) is 139 cm³/mol. The van der Waals surface area contributed by atoms with Crippen molar-refractivity contribution in [3.63, 3.8) is 0 Å². The zero-order valence-corrected chi connectivity index (χ0v) is 20.7. The van der Waals surface area contributed by atoms with Crippen LogP contribution >= 0.6 is 0 Å². The van der Waals surface area contributed by atoms with E-state index in [1.807, 2.05) is 42.5 Å². The first-order chi connectivity index (χ1) is 18.2. The van der Waals surface area contributed by atoms with Gasteiger partial charge in [0.25, 0.3) is 5.91 Å². The minimum atomic E-state index is -4.49. The van der Waals surface area contributed by atoms with Crippen LogP contribution in [0.5, 0.6) is 0 Å². The summed E-state index contributed by atoms with van der Waals surface area (Å²) in [7, 11) is 1.56. The van der Waals surface area contributed by atoms with Gasteiger partial charge in [0.1, 0.15) is 0 Å². The van der Waals surface area contributed by atoms with Crippen molar-refractivity contribution in [2.75, 3.05) is 18.6 Å². The number of halogens is 3. The number of benzene rings is 3. The molecule has 0 saturated heterocycles. The smallest absolute Gasteiger partial charge is 0.389 e. The quantitative estimate of drug-likeness (QED) is 0.450. The van der Waals surface area contributed by atoms with E-state index in [-0.39, 0.29) is 0 Å². The van der Waals surface area contributed by atoms with Gasteiger partial charge in [0, 0.05) is 36.4 Å². The summed E-state index contributed by atoms with van der Waals surface area (Å²) in [5.41, 5.74) is 2.98. The van der Waals surface area contributed by atoms with Crippen LogP contribution in [0.1, 0.15) is 35.4 Å². The normalized spacial score (nSPS) is 17.2. The summed E-state index contributed by atoms with van der Waals surface area (Å²) in [6.45, 7) is -0.539. The number of amides is 2. The number of benzodiazepines with no additional fused rings is 1. The van der Waals surface area contributed by atoms with E-state index in [1.165, 1.54) is 4.90 Å². The number of nitrogens with zero attached hydrogens (tertiary/aromatic N) is 2. The van der Waals surface area contributed by atoms with Crippen molar-refractivity contribution in [1.29, 1.82) is 0 Å². The van der Waals surface area contributed by atoms with Gasteiger partial charge in [-0.25, -0.2) is 4.99 Å². The van der Waals surface area contributed by atoms with Crippen molar-refractivity contribution in [2.45, 2.75) is 31.1 Å². The van der Waals surface area contributed by atoms with Gasteiger partial charge in [0.15, 0.2) is 0 Å². The molecule has 1 unspecified atom stereocenters. The summed E-state index contributed by atoms with van der Waals surface area (Å²) in [5.74, 6) is -3.47. The van der Waals surface area contributed by atoms with Gasteiger partial charge in [0.2, 0.25) is 12.1 Å². The van der Waals surface area contributed by atoms with E-state index in [0.717, 1.165) is 0 Å². The summed E-state index contributed by atoms with van der Waals surface area (Å²) in [4.78, 5) is 33.0. The van der Waals surface area contributed by atoms with Crippen LogP contribution < -0.4 is 10.2 Å². The first-order valence-electron chi connectivity index (χ1n) is 12.2. The number of nitrogens with one attached hydrogen (secondary N) is 1. The van der Waals surface area contributed by atoms with Crippen molar-refractivity contribution in [3.05, 3.63) is 102 Å². The molecule has 0 bridgehead atoms. The number of likely N-dealkylation sites (N-methyl/N-ethyl adjacent to an activating group) is 1. The molecule has 3 aromatic carbocycles. The third-order valence-corrected chi connectivity index (χ3v) is 6.66. The highest BCUT2D eigenvalue weighted by Crippen LogP contribution is 2.33. The molecule has 2 amide bonds. The molecular formula is C29H28F3N3O3. The van der Waals surface area contributed by atoms with Gasteiger partial charge >= 0.3 is 6.18 Å². The number of para-hydroxylation sites is 1. The number of alkyl halides is 3.